The molecule has 1 nitrogen and oxygen atoms in total. The van der Waals surface area contributed by atoms with Crippen molar-refractivity contribution in [2.75, 3.05) is 5.73 Å². The highest BCUT2D eigenvalue weighted by atomic mass is 14.5. The zero-order valence-corrected chi connectivity index (χ0v) is 11.3. The molecule has 0 atom stereocenters. The van der Waals surface area contributed by atoms with Gasteiger partial charge in [0.05, 0.1) is 0 Å². The topological polar surface area (TPSA) is 26.0 Å². The zero-order valence-electron chi connectivity index (χ0n) is 11.3. The lowest BCUT2D eigenvalue weighted by molar-refractivity contribution is 0.656. The van der Waals surface area contributed by atoms with Gasteiger partial charge in [-0.05, 0) is 31.0 Å². The molecule has 1 rings (SSSR count). The van der Waals surface area contributed by atoms with Gasteiger partial charge in [0.1, 0.15) is 0 Å². The number of nitrogen functional groups attached to an aromatic ring is 1. The van der Waals surface area contributed by atoms with Gasteiger partial charge in [-0.15, -0.1) is 0 Å². The first-order valence-electron chi connectivity index (χ1n) is 6.45. The molecule has 0 aromatic heterocycles. The molecular formula is C15H27N. The maximum Gasteiger partial charge on any atom is 0.0346 e. The Morgan fingerprint density at radius 2 is 1.50 bits per heavy atom. The van der Waals surface area contributed by atoms with Gasteiger partial charge in [0, 0.05) is 5.69 Å². The quantitative estimate of drug-likeness (QED) is 0.570. The maximum absolute atomic E-state index is 5.62. The molecule has 0 unspecified atom stereocenters. The van der Waals surface area contributed by atoms with Crippen molar-refractivity contribution in [3.8, 4) is 0 Å². The molecule has 0 spiro atoms. The molecule has 2 N–H and O–H groups in total. The van der Waals surface area contributed by atoms with E-state index in [9.17, 15) is 0 Å². The Kier molecular flexibility index (Phi) is 8.69. The Hall–Kier alpha value is -0.980. The van der Waals surface area contributed by atoms with Crippen LogP contribution < -0.4 is 5.73 Å². The van der Waals surface area contributed by atoms with E-state index in [4.69, 9.17) is 5.73 Å². The Balaban J connectivity index is 0.000000293. The van der Waals surface area contributed by atoms with Gasteiger partial charge in [0.25, 0.3) is 0 Å². The lowest BCUT2D eigenvalue weighted by atomic mass is 10.1. The van der Waals surface area contributed by atoms with E-state index < -0.39 is 0 Å². The van der Waals surface area contributed by atoms with Crippen LogP contribution >= 0.6 is 0 Å². The van der Waals surface area contributed by atoms with Gasteiger partial charge in [0.15, 0.2) is 0 Å². The van der Waals surface area contributed by atoms with Crippen LogP contribution in [0.15, 0.2) is 18.2 Å². The molecule has 0 saturated carbocycles. The molecular weight excluding hydrogens is 194 g/mol. The fourth-order valence-electron chi connectivity index (χ4n) is 1.45. The summed E-state index contributed by atoms with van der Waals surface area (Å²) in [7, 11) is 0. The number of anilines is 1. The monoisotopic (exact) mass is 221 g/mol. The average molecular weight is 221 g/mol. The van der Waals surface area contributed by atoms with E-state index in [2.05, 4.69) is 26.8 Å². The van der Waals surface area contributed by atoms with Gasteiger partial charge in [-0.1, -0.05) is 58.1 Å². The van der Waals surface area contributed by atoms with Crippen molar-refractivity contribution in [3.05, 3.63) is 29.3 Å². The second-order valence-corrected chi connectivity index (χ2v) is 4.35. The molecule has 1 aromatic rings. The molecule has 0 saturated heterocycles. The summed E-state index contributed by atoms with van der Waals surface area (Å²) in [5, 5.41) is 0. The Bertz CT molecular complexity index is 255. The fraction of sp³-hybridized carbons (Fsp3) is 0.600. The molecule has 0 radical (unpaired) electrons. The minimum absolute atomic E-state index is 0.884. The highest BCUT2D eigenvalue weighted by Crippen LogP contribution is 2.13. The number of unbranched alkanes of at least 4 members (excludes halogenated alkanes) is 4. The first kappa shape index (κ1) is 15.0. The van der Waals surface area contributed by atoms with Crippen molar-refractivity contribution >= 4 is 5.69 Å². The molecule has 0 aliphatic heterocycles. The minimum atomic E-state index is 0.884. The SMILES string of the molecule is CCCCCCC.Cc1cccc(N)c1C. The third-order valence-corrected chi connectivity index (χ3v) is 2.85. The third-order valence-electron chi connectivity index (χ3n) is 2.85. The summed E-state index contributed by atoms with van der Waals surface area (Å²) in [6.07, 6.45) is 7.01. The molecule has 1 heteroatoms. The van der Waals surface area contributed by atoms with Crippen molar-refractivity contribution in [2.24, 2.45) is 0 Å². The molecule has 0 heterocycles. The Labute approximate surface area is 101 Å². The van der Waals surface area contributed by atoms with E-state index in [1.165, 1.54) is 43.2 Å². The van der Waals surface area contributed by atoms with Gasteiger partial charge in [-0.25, -0.2) is 0 Å². The zero-order chi connectivity index (χ0) is 12.4. The van der Waals surface area contributed by atoms with Crippen LogP contribution in [0, 0.1) is 13.8 Å². The second kappa shape index (κ2) is 9.26. The van der Waals surface area contributed by atoms with Crippen molar-refractivity contribution in [2.45, 2.75) is 59.8 Å². The fourth-order valence-corrected chi connectivity index (χ4v) is 1.45. The van der Waals surface area contributed by atoms with Crippen LogP contribution in [0.25, 0.3) is 0 Å². The van der Waals surface area contributed by atoms with Crippen LogP contribution in [0.1, 0.15) is 57.1 Å². The van der Waals surface area contributed by atoms with Crippen molar-refractivity contribution in [3.63, 3.8) is 0 Å². The first-order chi connectivity index (χ1) is 7.63. The maximum atomic E-state index is 5.62. The third kappa shape index (κ3) is 6.49. The summed E-state index contributed by atoms with van der Waals surface area (Å²) in [6, 6.07) is 5.95. The number of rotatable bonds is 4. The van der Waals surface area contributed by atoms with Gasteiger partial charge < -0.3 is 5.73 Å². The highest BCUT2D eigenvalue weighted by molar-refractivity contribution is 5.49. The van der Waals surface area contributed by atoms with Gasteiger partial charge in [-0.2, -0.15) is 0 Å². The molecule has 92 valence electrons. The molecule has 1 aromatic carbocycles. The van der Waals surface area contributed by atoms with E-state index >= 15 is 0 Å². The van der Waals surface area contributed by atoms with Crippen molar-refractivity contribution < 1.29 is 0 Å². The number of benzene rings is 1. The molecule has 0 amide bonds. The predicted octanol–water partition coefficient (Wildman–Crippen LogP) is 4.86. The normalized spacial score (nSPS) is 9.50. The van der Waals surface area contributed by atoms with E-state index in [0.717, 1.165) is 5.69 Å². The minimum Gasteiger partial charge on any atom is -0.399 e. The summed E-state index contributed by atoms with van der Waals surface area (Å²) in [6.45, 7) is 8.59. The van der Waals surface area contributed by atoms with Crippen molar-refractivity contribution in [1.29, 1.82) is 0 Å². The van der Waals surface area contributed by atoms with Crippen LogP contribution in [0.4, 0.5) is 5.69 Å². The first-order valence-corrected chi connectivity index (χ1v) is 6.45. The summed E-state index contributed by atoms with van der Waals surface area (Å²) >= 11 is 0. The summed E-state index contributed by atoms with van der Waals surface area (Å²) < 4.78 is 0. The molecule has 0 bridgehead atoms. The molecule has 0 aliphatic rings. The number of aryl methyl sites for hydroxylation is 1. The van der Waals surface area contributed by atoms with Crippen LogP contribution in [-0.2, 0) is 0 Å². The van der Waals surface area contributed by atoms with E-state index in [0.29, 0.717) is 0 Å². The smallest absolute Gasteiger partial charge is 0.0346 e. The summed E-state index contributed by atoms with van der Waals surface area (Å²) in [5.74, 6) is 0. The van der Waals surface area contributed by atoms with E-state index in [1.54, 1.807) is 0 Å². The molecule has 16 heavy (non-hydrogen) atoms. The van der Waals surface area contributed by atoms with Crippen LogP contribution in [0.5, 0.6) is 0 Å². The largest absolute Gasteiger partial charge is 0.399 e. The highest BCUT2D eigenvalue weighted by Gasteiger charge is 1.92. The van der Waals surface area contributed by atoms with Gasteiger partial charge >= 0.3 is 0 Å². The lowest BCUT2D eigenvalue weighted by Gasteiger charge is -2.00. The Morgan fingerprint density at radius 1 is 0.938 bits per heavy atom. The van der Waals surface area contributed by atoms with E-state index in [1.807, 2.05) is 19.1 Å². The van der Waals surface area contributed by atoms with Gasteiger partial charge in [0.2, 0.25) is 0 Å². The average Bonchev–Trinajstić information content (AvgIpc) is 2.27. The second-order valence-electron chi connectivity index (χ2n) is 4.35. The number of nitrogens with two attached hydrogens (primary N) is 1. The van der Waals surface area contributed by atoms with Crippen molar-refractivity contribution in [1.82, 2.24) is 0 Å². The molecule has 0 aliphatic carbocycles. The lowest BCUT2D eigenvalue weighted by Crippen LogP contribution is -1.90. The summed E-state index contributed by atoms with van der Waals surface area (Å²) in [4.78, 5) is 0. The number of hydrogen-bond donors (Lipinski definition) is 1. The van der Waals surface area contributed by atoms with Crippen LogP contribution in [0.3, 0.4) is 0 Å². The standard InChI is InChI=1S/C8H11N.C7H16/c1-6-4-3-5-8(9)7(6)2;1-3-5-7-6-4-2/h3-5H,9H2,1-2H3;3-7H2,1-2H3. The predicted molar refractivity (Wildman–Crippen MR) is 74.8 cm³/mol. The van der Waals surface area contributed by atoms with E-state index in [-0.39, 0.29) is 0 Å². The number of hydrogen-bond acceptors (Lipinski definition) is 1. The van der Waals surface area contributed by atoms with Gasteiger partial charge in [-0.3, -0.25) is 0 Å². The summed E-state index contributed by atoms with van der Waals surface area (Å²) in [5.41, 5.74) is 8.96. The van der Waals surface area contributed by atoms with Crippen LogP contribution in [-0.4, -0.2) is 0 Å². The Morgan fingerprint density at radius 3 is 1.88 bits per heavy atom. The molecule has 0 fully saturated rings. The van der Waals surface area contributed by atoms with Crippen LogP contribution in [0.2, 0.25) is 0 Å².